The molecule has 0 bridgehead atoms. The zero-order chi connectivity index (χ0) is 19.8. The summed E-state index contributed by atoms with van der Waals surface area (Å²) in [4.78, 5) is 21.0. The highest BCUT2D eigenvalue weighted by Gasteiger charge is 2.11. The van der Waals surface area contributed by atoms with Gasteiger partial charge in [0.1, 0.15) is 28.8 Å². The van der Waals surface area contributed by atoms with Crippen molar-refractivity contribution in [1.29, 1.82) is 0 Å². The van der Waals surface area contributed by atoms with Crippen LogP contribution in [0.15, 0.2) is 60.7 Å². The van der Waals surface area contributed by atoms with Gasteiger partial charge in [-0.05, 0) is 43.3 Å². The van der Waals surface area contributed by atoms with Crippen molar-refractivity contribution in [2.75, 3.05) is 30.9 Å². The van der Waals surface area contributed by atoms with Crippen molar-refractivity contribution in [2.45, 2.75) is 6.92 Å². The predicted molar refractivity (Wildman–Crippen MR) is 108 cm³/mol. The third kappa shape index (κ3) is 5.52. The molecule has 0 atom stereocenters. The summed E-state index contributed by atoms with van der Waals surface area (Å²) in [6, 6.07) is 18.3. The number of anilines is 2. The van der Waals surface area contributed by atoms with Crippen LogP contribution >= 0.6 is 0 Å². The SMILES string of the molecule is COCCNc1cc(C(=O)Nc2ccc(Oc3ccccc3)cc2)nc(C)n1. The molecule has 1 heterocycles. The molecule has 1 aromatic heterocycles. The molecule has 3 rings (SSSR count). The summed E-state index contributed by atoms with van der Waals surface area (Å²) in [6.07, 6.45) is 0. The molecule has 0 saturated heterocycles. The summed E-state index contributed by atoms with van der Waals surface area (Å²) < 4.78 is 10.8. The summed E-state index contributed by atoms with van der Waals surface area (Å²) in [6.45, 7) is 2.88. The van der Waals surface area contributed by atoms with Crippen LogP contribution in [0.1, 0.15) is 16.3 Å². The number of ether oxygens (including phenoxy) is 2. The second-order valence-electron chi connectivity index (χ2n) is 6.00. The predicted octanol–water partition coefficient (Wildman–Crippen LogP) is 3.89. The zero-order valence-electron chi connectivity index (χ0n) is 15.8. The number of aromatic nitrogens is 2. The van der Waals surface area contributed by atoms with E-state index in [0.29, 0.717) is 36.2 Å². The largest absolute Gasteiger partial charge is 0.457 e. The number of amides is 1. The molecule has 3 aromatic rings. The Morgan fingerprint density at radius 3 is 2.43 bits per heavy atom. The molecule has 2 N–H and O–H groups in total. The van der Waals surface area contributed by atoms with E-state index in [9.17, 15) is 4.79 Å². The van der Waals surface area contributed by atoms with E-state index in [2.05, 4.69) is 20.6 Å². The van der Waals surface area contributed by atoms with Crippen LogP contribution in [0.2, 0.25) is 0 Å². The number of hydrogen-bond acceptors (Lipinski definition) is 6. The van der Waals surface area contributed by atoms with Gasteiger partial charge in [-0.1, -0.05) is 18.2 Å². The molecule has 0 radical (unpaired) electrons. The summed E-state index contributed by atoms with van der Waals surface area (Å²) in [5.74, 6) is 2.23. The lowest BCUT2D eigenvalue weighted by Gasteiger charge is -2.10. The highest BCUT2D eigenvalue weighted by molar-refractivity contribution is 6.03. The molecule has 28 heavy (non-hydrogen) atoms. The molecule has 0 saturated carbocycles. The molecular formula is C21H22N4O3. The van der Waals surface area contributed by atoms with Crippen molar-refractivity contribution in [2.24, 2.45) is 0 Å². The second-order valence-corrected chi connectivity index (χ2v) is 6.00. The fraction of sp³-hybridized carbons (Fsp3) is 0.190. The number of nitrogens with one attached hydrogen (secondary N) is 2. The van der Waals surface area contributed by atoms with Crippen molar-refractivity contribution in [1.82, 2.24) is 9.97 Å². The number of para-hydroxylation sites is 1. The number of nitrogens with zero attached hydrogens (tertiary/aromatic N) is 2. The van der Waals surface area contributed by atoms with Crippen LogP contribution in [-0.4, -0.2) is 36.1 Å². The van der Waals surface area contributed by atoms with Crippen molar-refractivity contribution in [3.8, 4) is 11.5 Å². The van der Waals surface area contributed by atoms with Crippen molar-refractivity contribution in [3.63, 3.8) is 0 Å². The Bertz CT molecular complexity index is 915. The molecule has 0 aliphatic rings. The summed E-state index contributed by atoms with van der Waals surface area (Å²) in [7, 11) is 1.63. The van der Waals surface area contributed by atoms with E-state index in [1.54, 1.807) is 44.4 Å². The molecule has 0 fully saturated rings. The van der Waals surface area contributed by atoms with Gasteiger partial charge in [0.25, 0.3) is 5.91 Å². The van der Waals surface area contributed by atoms with Crippen LogP contribution in [0, 0.1) is 6.92 Å². The molecule has 0 aliphatic carbocycles. The molecule has 0 aliphatic heterocycles. The third-order valence-electron chi connectivity index (χ3n) is 3.77. The van der Waals surface area contributed by atoms with Crippen molar-refractivity contribution in [3.05, 3.63) is 72.2 Å². The lowest BCUT2D eigenvalue weighted by molar-refractivity contribution is 0.102. The number of carbonyl (C=O) groups is 1. The highest BCUT2D eigenvalue weighted by Crippen LogP contribution is 2.22. The maximum Gasteiger partial charge on any atom is 0.274 e. The first kappa shape index (κ1) is 19.3. The first-order valence-corrected chi connectivity index (χ1v) is 8.87. The van der Waals surface area contributed by atoms with Gasteiger partial charge in [0, 0.05) is 25.4 Å². The van der Waals surface area contributed by atoms with Crippen molar-refractivity contribution < 1.29 is 14.3 Å². The van der Waals surface area contributed by atoms with Gasteiger partial charge in [0.15, 0.2) is 0 Å². The molecule has 144 valence electrons. The van der Waals surface area contributed by atoms with E-state index >= 15 is 0 Å². The number of aryl methyl sites for hydroxylation is 1. The van der Waals surface area contributed by atoms with E-state index in [1.807, 2.05) is 30.3 Å². The monoisotopic (exact) mass is 378 g/mol. The number of hydrogen-bond donors (Lipinski definition) is 2. The van der Waals surface area contributed by atoms with E-state index in [0.717, 1.165) is 5.75 Å². The number of benzene rings is 2. The van der Waals surface area contributed by atoms with E-state index < -0.39 is 0 Å². The maximum atomic E-state index is 12.5. The van der Waals surface area contributed by atoms with Crippen LogP contribution in [0.3, 0.4) is 0 Å². The van der Waals surface area contributed by atoms with Gasteiger partial charge < -0.3 is 20.1 Å². The molecule has 7 heteroatoms. The lowest BCUT2D eigenvalue weighted by Crippen LogP contribution is -2.16. The fourth-order valence-electron chi connectivity index (χ4n) is 2.48. The Morgan fingerprint density at radius 1 is 1.00 bits per heavy atom. The van der Waals surface area contributed by atoms with Gasteiger partial charge in [0.05, 0.1) is 6.61 Å². The molecular weight excluding hydrogens is 356 g/mol. The lowest BCUT2D eigenvalue weighted by atomic mass is 10.2. The van der Waals surface area contributed by atoms with Crippen LogP contribution in [0.4, 0.5) is 11.5 Å². The quantitative estimate of drug-likeness (QED) is 0.579. The minimum atomic E-state index is -0.308. The summed E-state index contributed by atoms with van der Waals surface area (Å²) >= 11 is 0. The first-order chi connectivity index (χ1) is 13.6. The molecule has 1 amide bonds. The normalized spacial score (nSPS) is 10.4. The number of carbonyl (C=O) groups excluding carboxylic acids is 1. The molecule has 2 aromatic carbocycles. The fourth-order valence-corrected chi connectivity index (χ4v) is 2.48. The smallest absolute Gasteiger partial charge is 0.274 e. The Hall–Kier alpha value is -3.45. The van der Waals surface area contributed by atoms with Gasteiger partial charge >= 0.3 is 0 Å². The van der Waals surface area contributed by atoms with Gasteiger partial charge in [-0.2, -0.15) is 0 Å². The first-order valence-electron chi connectivity index (χ1n) is 8.87. The Morgan fingerprint density at radius 2 is 1.71 bits per heavy atom. The van der Waals surface area contributed by atoms with Crippen LogP contribution in [0.25, 0.3) is 0 Å². The van der Waals surface area contributed by atoms with E-state index in [1.165, 1.54) is 0 Å². The molecule has 0 spiro atoms. The highest BCUT2D eigenvalue weighted by atomic mass is 16.5. The number of methoxy groups -OCH3 is 1. The minimum Gasteiger partial charge on any atom is -0.457 e. The average Bonchev–Trinajstić information content (AvgIpc) is 2.70. The zero-order valence-corrected chi connectivity index (χ0v) is 15.8. The van der Waals surface area contributed by atoms with Gasteiger partial charge in [-0.15, -0.1) is 0 Å². The summed E-state index contributed by atoms with van der Waals surface area (Å²) in [5, 5.41) is 5.94. The van der Waals surface area contributed by atoms with Crippen molar-refractivity contribution >= 4 is 17.4 Å². The van der Waals surface area contributed by atoms with E-state index in [4.69, 9.17) is 9.47 Å². The molecule has 0 unspecified atom stereocenters. The third-order valence-corrected chi connectivity index (χ3v) is 3.77. The maximum absolute atomic E-state index is 12.5. The van der Waals surface area contributed by atoms with Gasteiger partial charge in [-0.25, -0.2) is 9.97 Å². The molecule has 7 nitrogen and oxygen atoms in total. The van der Waals surface area contributed by atoms with Crippen LogP contribution in [-0.2, 0) is 4.74 Å². The summed E-state index contributed by atoms with van der Waals surface area (Å²) in [5.41, 5.74) is 0.938. The minimum absolute atomic E-state index is 0.289. The van der Waals surface area contributed by atoms with Gasteiger partial charge in [-0.3, -0.25) is 4.79 Å². The standard InChI is InChI=1S/C21H22N4O3/c1-15-23-19(14-20(24-15)22-12-13-27-2)21(26)25-16-8-10-18(11-9-16)28-17-6-4-3-5-7-17/h3-11,14H,12-13H2,1-2H3,(H,25,26)(H,22,23,24). The second kappa shape index (κ2) is 9.48. The van der Waals surface area contributed by atoms with Gasteiger partial charge in [0.2, 0.25) is 0 Å². The Kier molecular flexibility index (Phi) is 6.54. The average molecular weight is 378 g/mol. The Balaban J connectivity index is 1.64. The van der Waals surface area contributed by atoms with Crippen LogP contribution < -0.4 is 15.4 Å². The van der Waals surface area contributed by atoms with E-state index in [-0.39, 0.29) is 11.6 Å². The van der Waals surface area contributed by atoms with Crippen LogP contribution in [0.5, 0.6) is 11.5 Å². The topological polar surface area (TPSA) is 85.4 Å². The number of rotatable bonds is 8. The Labute approximate surface area is 163 Å².